The molecule has 88 valence electrons. The lowest BCUT2D eigenvalue weighted by molar-refractivity contribution is 1.16. The highest BCUT2D eigenvalue weighted by molar-refractivity contribution is 5.49. The van der Waals surface area contributed by atoms with Crippen LogP contribution in [0.3, 0.4) is 0 Å². The van der Waals surface area contributed by atoms with Crippen LogP contribution >= 0.6 is 0 Å². The second-order valence-corrected chi connectivity index (χ2v) is 4.79. The number of benzene rings is 2. The molecule has 2 N–H and O–H groups in total. The predicted octanol–water partition coefficient (Wildman–Crippen LogP) is 3.78. The van der Waals surface area contributed by atoms with Crippen molar-refractivity contribution in [2.45, 2.75) is 27.2 Å². The molecular formula is C16H19N. The van der Waals surface area contributed by atoms with Crippen LogP contribution in [0.5, 0.6) is 0 Å². The molecule has 0 aliphatic carbocycles. The molecule has 0 amide bonds. The fraction of sp³-hybridized carbons (Fsp3) is 0.250. The summed E-state index contributed by atoms with van der Waals surface area (Å²) in [5, 5.41) is 0. The maximum Gasteiger partial charge on any atom is 0.0346 e. The van der Waals surface area contributed by atoms with E-state index in [0.717, 1.165) is 17.7 Å². The number of anilines is 1. The van der Waals surface area contributed by atoms with Crippen molar-refractivity contribution >= 4 is 5.69 Å². The maximum atomic E-state index is 5.93. The molecule has 0 fully saturated rings. The summed E-state index contributed by atoms with van der Waals surface area (Å²) in [6.45, 7) is 6.33. The average molecular weight is 225 g/mol. The van der Waals surface area contributed by atoms with Gasteiger partial charge in [0.2, 0.25) is 0 Å². The minimum Gasteiger partial charge on any atom is -0.399 e. The minimum atomic E-state index is 0.881. The highest BCUT2D eigenvalue weighted by Crippen LogP contribution is 2.18. The van der Waals surface area contributed by atoms with E-state index < -0.39 is 0 Å². The molecule has 0 spiro atoms. The highest BCUT2D eigenvalue weighted by Gasteiger charge is 2.00. The highest BCUT2D eigenvalue weighted by atomic mass is 14.5. The van der Waals surface area contributed by atoms with E-state index in [-0.39, 0.29) is 0 Å². The van der Waals surface area contributed by atoms with Crippen molar-refractivity contribution in [2.24, 2.45) is 0 Å². The lowest BCUT2D eigenvalue weighted by atomic mass is 9.99. The summed E-state index contributed by atoms with van der Waals surface area (Å²) in [6.07, 6.45) is 0.950. The SMILES string of the molecule is Cc1ccc(Cc2ccc(C)c(N)c2)cc1C. The fourth-order valence-corrected chi connectivity index (χ4v) is 1.95. The summed E-state index contributed by atoms with van der Waals surface area (Å²) in [4.78, 5) is 0. The third kappa shape index (κ3) is 2.68. The average Bonchev–Trinajstić information content (AvgIpc) is 2.29. The Kier molecular flexibility index (Phi) is 3.19. The van der Waals surface area contributed by atoms with Crippen LogP contribution in [0.15, 0.2) is 36.4 Å². The van der Waals surface area contributed by atoms with Crippen molar-refractivity contribution in [1.82, 2.24) is 0 Å². The van der Waals surface area contributed by atoms with Crippen LogP contribution in [0.1, 0.15) is 27.8 Å². The molecule has 0 atom stereocenters. The largest absolute Gasteiger partial charge is 0.399 e. The molecule has 2 rings (SSSR count). The first-order valence-corrected chi connectivity index (χ1v) is 5.97. The Bertz CT molecular complexity index is 492. The second-order valence-electron chi connectivity index (χ2n) is 4.79. The van der Waals surface area contributed by atoms with Crippen molar-refractivity contribution in [3.63, 3.8) is 0 Å². The van der Waals surface area contributed by atoms with Gasteiger partial charge in [0.25, 0.3) is 0 Å². The molecule has 0 aliphatic heterocycles. The van der Waals surface area contributed by atoms with E-state index in [1.165, 1.54) is 22.3 Å². The topological polar surface area (TPSA) is 26.0 Å². The molecular weight excluding hydrogens is 206 g/mol. The van der Waals surface area contributed by atoms with E-state index in [2.05, 4.69) is 50.2 Å². The molecule has 1 heteroatoms. The van der Waals surface area contributed by atoms with E-state index in [4.69, 9.17) is 5.73 Å². The Hall–Kier alpha value is -1.76. The Balaban J connectivity index is 2.25. The zero-order valence-corrected chi connectivity index (χ0v) is 10.7. The first-order chi connectivity index (χ1) is 8.06. The summed E-state index contributed by atoms with van der Waals surface area (Å²) >= 11 is 0. The summed E-state index contributed by atoms with van der Waals surface area (Å²) < 4.78 is 0. The number of hydrogen-bond donors (Lipinski definition) is 1. The molecule has 2 aromatic rings. The standard InChI is InChI=1S/C16H19N/c1-11-4-6-14(8-13(11)3)9-15-7-5-12(2)16(17)10-15/h4-8,10H,9,17H2,1-3H3. The third-order valence-electron chi connectivity index (χ3n) is 3.32. The summed E-state index contributed by atoms with van der Waals surface area (Å²) in [6, 6.07) is 12.9. The van der Waals surface area contributed by atoms with Crippen LogP contribution in [-0.2, 0) is 6.42 Å². The van der Waals surface area contributed by atoms with E-state index in [1.807, 2.05) is 6.92 Å². The number of aryl methyl sites for hydroxylation is 3. The van der Waals surface area contributed by atoms with Gasteiger partial charge in [-0.15, -0.1) is 0 Å². The van der Waals surface area contributed by atoms with Gasteiger partial charge in [0, 0.05) is 5.69 Å². The van der Waals surface area contributed by atoms with Crippen molar-refractivity contribution < 1.29 is 0 Å². The monoisotopic (exact) mass is 225 g/mol. The lowest BCUT2D eigenvalue weighted by Gasteiger charge is -2.07. The van der Waals surface area contributed by atoms with Crippen LogP contribution in [0.4, 0.5) is 5.69 Å². The molecule has 0 saturated heterocycles. The van der Waals surface area contributed by atoms with Gasteiger partial charge in [-0.05, 0) is 61.1 Å². The first-order valence-electron chi connectivity index (χ1n) is 5.97. The number of hydrogen-bond acceptors (Lipinski definition) is 1. The Labute approximate surface area is 103 Å². The second kappa shape index (κ2) is 4.62. The van der Waals surface area contributed by atoms with Crippen molar-refractivity contribution in [1.29, 1.82) is 0 Å². The van der Waals surface area contributed by atoms with Gasteiger partial charge < -0.3 is 5.73 Å². The lowest BCUT2D eigenvalue weighted by Crippen LogP contribution is -1.94. The molecule has 2 aromatic carbocycles. The molecule has 0 aliphatic rings. The number of rotatable bonds is 2. The summed E-state index contributed by atoms with van der Waals surface area (Å²) in [5.41, 5.74) is 13.3. The van der Waals surface area contributed by atoms with Gasteiger partial charge in [0.05, 0.1) is 0 Å². The number of nitrogen functional groups attached to an aromatic ring is 1. The van der Waals surface area contributed by atoms with Crippen LogP contribution < -0.4 is 5.73 Å². The number of nitrogens with two attached hydrogens (primary N) is 1. The molecule has 0 bridgehead atoms. The van der Waals surface area contributed by atoms with Crippen molar-refractivity contribution in [3.8, 4) is 0 Å². The summed E-state index contributed by atoms with van der Waals surface area (Å²) in [7, 11) is 0. The Morgan fingerprint density at radius 2 is 1.35 bits per heavy atom. The maximum absolute atomic E-state index is 5.93. The Morgan fingerprint density at radius 3 is 1.94 bits per heavy atom. The van der Waals surface area contributed by atoms with E-state index in [0.29, 0.717) is 0 Å². The van der Waals surface area contributed by atoms with E-state index in [9.17, 15) is 0 Å². The van der Waals surface area contributed by atoms with Crippen molar-refractivity contribution in [2.75, 3.05) is 5.73 Å². The molecule has 0 unspecified atom stereocenters. The van der Waals surface area contributed by atoms with Gasteiger partial charge in [0.15, 0.2) is 0 Å². The normalized spacial score (nSPS) is 10.5. The van der Waals surface area contributed by atoms with E-state index >= 15 is 0 Å². The van der Waals surface area contributed by atoms with Gasteiger partial charge in [-0.2, -0.15) is 0 Å². The van der Waals surface area contributed by atoms with Crippen LogP contribution in [0, 0.1) is 20.8 Å². The van der Waals surface area contributed by atoms with Gasteiger partial charge in [-0.3, -0.25) is 0 Å². The smallest absolute Gasteiger partial charge is 0.0346 e. The van der Waals surface area contributed by atoms with Crippen LogP contribution in [0.2, 0.25) is 0 Å². The zero-order chi connectivity index (χ0) is 12.4. The van der Waals surface area contributed by atoms with E-state index in [1.54, 1.807) is 0 Å². The quantitative estimate of drug-likeness (QED) is 0.773. The Morgan fingerprint density at radius 1 is 0.765 bits per heavy atom. The van der Waals surface area contributed by atoms with Crippen LogP contribution in [-0.4, -0.2) is 0 Å². The molecule has 0 saturated carbocycles. The summed E-state index contributed by atoms with van der Waals surface area (Å²) in [5.74, 6) is 0. The zero-order valence-electron chi connectivity index (χ0n) is 10.7. The molecule has 0 heterocycles. The van der Waals surface area contributed by atoms with Gasteiger partial charge in [-0.1, -0.05) is 30.3 Å². The first kappa shape index (κ1) is 11.7. The minimum absolute atomic E-state index is 0.881. The van der Waals surface area contributed by atoms with Gasteiger partial charge in [-0.25, -0.2) is 0 Å². The van der Waals surface area contributed by atoms with Gasteiger partial charge >= 0.3 is 0 Å². The molecule has 1 nitrogen and oxygen atoms in total. The molecule has 0 aromatic heterocycles. The van der Waals surface area contributed by atoms with Crippen molar-refractivity contribution in [3.05, 3.63) is 64.2 Å². The van der Waals surface area contributed by atoms with Gasteiger partial charge in [0.1, 0.15) is 0 Å². The fourth-order valence-electron chi connectivity index (χ4n) is 1.95. The molecule has 0 radical (unpaired) electrons. The van der Waals surface area contributed by atoms with Crippen LogP contribution in [0.25, 0.3) is 0 Å². The third-order valence-corrected chi connectivity index (χ3v) is 3.32. The molecule has 17 heavy (non-hydrogen) atoms. The predicted molar refractivity (Wildman–Crippen MR) is 74.3 cm³/mol.